The van der Waals surface area contributed by atoms with Crippen LogP contribution in [0, 0.1) is 0 Å². The Morgan fingerprint density at radius 2 is 1.83 bits per heavy atom. The Bertz CT molecular complexity index is 1210. The monoisotopic (exact) mass is 475 g/mol. The molecule has 4 rings (SSSR count). The first-order valence-corrected chi connectivity index (χ1v) is 10.9. The normalized spacial score (nSPS) is 14.8. The molecule has 0 atom stereocenters. The van der Waals surface area contributed by atoms with Crippen molar-refractivity contribution in [2.45, 2.75) is 0 Å². The Balaban J connectivity index is 1.45. The lowest BCUT2D eigenvalue weighted by Gasteiger charge is -2.03. The van der Waals surface area contributed by atoms with Gasteiger partial charge in [-0.25, -0.2) is 4.98 Å². The van der Waals surface area contributed by atoms with Crippen LogP contribution in [-0.2, 0) is 4.79 Å². The summed E-state index contributed by atoms with van der Waals surface area (Å²) in [5.74, 6) is -0.735. The summed E-state index contributed by atoms with van der Waals surface area (Å²) in [5, 5.41) is 7.72. The van der Waals surface area contributed by atoms with E-state index in [9.17, 15) is 14.4 Å². The molecule has 1 fully saturated rings. The van der Waals surface area contributed by atoms with Crippen LogP contribution in [0.1, 0.15) is 15.9 Å². The molecule has 1 aliphatic rings. The second-order valence-corrected chi connectivity index (χ2v) is 8.78. The number of anilines is 1. The molecule has 1 aromatic heterocycles. The number of hydrogen-bond donors (Lipinski definition) is 2. The molecule has 30 heavy (non-hydrogen) atoms. The highest BCUT2D eigenvalue weighted by atomic mass is 35.5. The molecular weight excluding hydrogens is 465 g/mol. The van der Waals surface area contributed by atoms with Gasteiger partial charge in [-0.1, -0.05) is 41.4 Å². The quantitative estimate of drug-likeness (QED) is 0.472. The summed E-state index contributed by atoms with van der Waals surface area (Å²) >= 11 is 14.1. The van der Waals surface area contributed by atoms with Gasteiger partial charge in [-0.3, -0.25) is 25.0 Å². The Morgan fingerprint density at radius 1 is 1.07 bits per heavy atom. The molecule has 2 heterocycles. The van der Waals surface area contributed by atoms with Crippen LogP contribution in [0.25, 0.3) is 17.3 Å². The number of carbonyl (C=O) groups is 3. The van der Waals surface area contributed by atoms with E-state index < -0.39 is 11.1 Å². The van der Waals surface area contributed by atoms with Gasteiger partial charge < -0.3 is 0 Å². The van der Waals surface area contributed by atoms with Crippen LogP contribution in [-0.4, -0.2) is 22.0 Å². The number of aromatic nitrogens is 1. The minimum Gasteiger partial charge on any atom is -0.298 e. The fourth-order valence-electron chi connectivity index (χ4n) is 2.59. The summed E-state index contributed by atoms with van der Waals surface area (Å²) in [7, 11) is 0. The zero-order chi connectivity index (χ0) is 21.3. The fraction of sp³-hybridized carbons (Fsp3) is 0. The lowest BCUT2D eigenvalue weighted by atomic mass is 10.1. The highest BCUT2D eigenvalue weighted by molar-refractivity contribution is 8.18. The molecule has 2 aromatic carbocycles. The summed E-state index contributed by atoms with van der Waals surface area (Å²) in [5.41, 5.74) is 2.61. The van der Waals surface area contributed by atoms with E-state index in [1.807, 2.05) is 5.38 Å². The van der Waals surface area contributed by atoms with E-state index >= 15 is 0 Å². The number of imide groups is 1. The Kier molecular flexibility index (Phi) is 5.92. The summed E-state index contributed by atoms with van der Waals surface area (Å²) in [4.78, 5) is 40.0. The van der Waals surface area contributed by atoms with E-state index in [0.717, 1.165) is 17.3 Å². The maximum atomic E-state index is 12.5. The van der Waals surface area contributed by atoms with Gasteiger partial charge in [-0.2, -0.15) is 0 Å². The number of thiazole rings is 1. The highest BCUT2D eigenvalue weighted by Gasteiger charge is 2.24. The molecule has 1 saturated heterocycles. The molecule has 6 nitrogen and oxygen atoms in total. The molecule has 0 spiro atoms. The van der Waals surface area contributed by atoms with Crippen LogP contribution < -0.4 is 10.6 Å². The molecule has 150 valence electrons. The molecule has 3 amide bonds. The number of nitrogens with one attached hydrogen (secondary N) is 2. The van der Waals surface area contributed by atoms with Crippen LogP contribution in [0.15, 0.2) is 52.7 Å². The van der Waals surface area contributed by atoms with Crippen molar-refractivity contribution >= 4 is 74.6 Å². The lowest BCUT2D eigenvalue weighted by molar-refractivity contribution is -0.115. The lowest BCUT2D eigenvalue weighted by Crippen LogP contribution is -2.17. The molecule has 0 radical (unpaired) electrons. The van der Waals surface area contributed by atoms with E-state index in [4.69, 9.17) is 23.2 Å². The second-order valence-electron chi connectivity index (χ2n) is 6.10. The molecule has 3 aromatic rings. The van der Waals surface area contributed by atoms with Gasteiger partial charge in [0, 0.05) is 16.5 Å². The van der Waals surface area contributed by atoms with Crippen LogP contribution in [0.4, 0.5) is 9.93 Å². The van der Waals surface area contributed by atoms with Crippen molar-refractivity contribution in [1.82, 2.24) is 10.3 Å². The standard InChI is InChI=1S/C20H11Cl2N3O3S2/c21-13-6-5-12(8-14(13)22)15-9-29-19(23-15)24-17(26)11-3-1-10(2-4-11)7-16-18(27)25-20(28)30-16/h1-9H,(H,23,24,26)(H,25,27,28). The molecule has 0 unspecified atom stereocenters. The summed E-state index contributed by atoms with van der Waals surface area (Å²) in [6, 6.07) is 11.9. The van der Waals surface area contributed by atoms with Gasteiger partial charge in [-0.15, -0.1) is 11.3 Å². The van der Waals surface area contributed by atoms with Crippen molar-refractivity contribution in [1.29, 1.82) is 0 Å². The van der Waals surface area contributed by atoms with Gasteiger partial charge in [0.15, 0.2) is 5.13 Å². The Labute approximate surface area is 189 Å². The van der Waals surface area contributed by atoms with Crippen molar-refractivity contribution in [3.8, 4) is 11.3 Å². The van der Waals surface area contributed by atoms with Gasteiger partial charge in [0.2, 0.25) is 0 Å². The summed E-state index contributed by atoms with van der Waals surface area (Å²) in [6.07, 6.45) is 1.59. The molecule has 0 bridgehead atoms. The van der Waals surface area contributed by atoms with Crippen LogP contribution in [0.3, 0.4) is 0 Å². The first-order valence-electron chi connectivity index (χ1n) is 8.46. The summed E-state index contributed by atoms with van der Waals surface area (Å²) in [6.45, 7) is 0. The van der Waals surface area contributed by atoms with Gasteiger partial charge in [0.25, 0.3) is 17.1 Å². The van der Waals surface area contributed by atoms with Crippen LogP contribution in [0.5, 0.6) is 0 Å². The Morgan fingerprint density at radius 3 is 2.50 bits per heavy atom. The first kappa shape index (κ1) is 20.6. The smallest absolute Gasteiger partial charge is 0.290 e. The fourth-order valence-corrected chi connectivity index (χ4v) is 4.29. The minimum atomic E-state index is -0.423. The number of benzene rings is 2. The van der Waals surface area contributed by atoms with Crippen molar-refractivity contribution in [3.05, 3.63) is 73.9 Å². The zero-order valence-corrected chi connectivity index (χ0v) is 18.1. The number of nitrogens with zero attached hydrogens (tertiary/aromatic N) is 1. The van der Waals surface area contributed by atoms with Gasteiger partial charge in [0.1, 0.15) is 0 Å². The van der Waals surface area contributed by atoms with Crippen molar-refractivity contribution in [2.24, 2.45) is 0 Å². The van der Waals surface area contributed by atoms with Gasteiger partial charge in [-0.05, 0) is 47.7 Å². The second kappa shape index (κ2) is 8.61. The number of hydrogen-bond acceptors (Lipinski definition) is 6. The molecule has 1 aliphatic heterocycles. The van der Waals surface area contributed by atoms with Crippen LogP contribution >= 0.6 is 46.3 Å². The van der Waals surface area contributed by atoms with Crippen molar-refractivity contribution in [3.63, 3.8) is 0 Å². The molecule has 0 aliphatic carbocycles. The van der Waals surface area contributed by atoms with E-state index in [1.54, 1.807) is 48.5 Å². The Hall–Kier alpha value is -2.65. The maximum absolute atomic E-state index is 12.5. The van der Waals surface area contributed by atoms with E-state index in [1.165, 1.54) is 11.3 Å². The van der Waals surface area contributed by atoms with E-state index in [-0.39, 0.29) is 5.91 Å². The van der Waals surface area contributed by atoms with Gasteiger partial charge in [0.05, 0.1) is 20.6 Å². The number of carbonyl (C=O) groups excluding carboxylic acids is 3. The molecule has 0 saturated carbocycles. The van der Waals surface area contributed by atoms with Crippen LogP contribution in [0.2, 0.25) is 10.0 Å². The molecular formula is C20H11Cl2N3O3S2. The number of halogens is 2. The average molecular weight is 476 g/mol. The molecule has 2 N–H and O–H groups in total. The predicted octanol–water partition coefficient (Wildman–Crippen LogP) is 5.69. The minimum absolute atomic E-state index is 0.313. The summed E-state index contributed by atoms with van der Waals surface area (Å²) < 4.78 is 0. The largest absolute Gasteiger partial charge is 0.298 e. The number of rotatable bonds is 4. The third-order valence-corrected chi connectivity index (χ3v) is 6.36. The SMILES string of the molecule is O=C1NC(=O)C(=Cc2ccc(C(=O)Nc3nc(-c4ccc(Cl)c(Cl)c4)cs3)cc2)S1. The molecule has 10 heteroatoms. The third kappa shape index (κ3) is 4.57. The maximum Gasteiger partial charge on any atom is 0.290 e. The average Bonchev–Trinajstić information content (AvgIpc) is 3.30. The van der Waals surface area contributed by atoms with E-state index in [0.29, 0.717) is 36.9 Å². The number of amides is 3. The van der Waals surface area contributed by atoms with Crippen molar-refractivity contribution < 1.29 is 14.4 Å². The predicted molar refractivity (Wildman–Crippen MR) is 121 cm³/mol. The number of thioether (sulfide) groups is 1. The highest BCUT2D eigenvalue weighted by Crippen LogP contribution is 2.30. The first-order chi connectivity index (χ1) is 14.4. The van der Waals surface area contributed by atoms with Gasteiger partial charge >= 0.3 is 0 Å². The topological polar surface area (TPSA) is 88.2 Å². The van der Waals surface area contributed by atoms with Crippen molar-refractivity contribution in [2.75, 3.05) is 5.32 Å². The third-order valence-electron chi connectivity index (χ3n) is 4.05. The zero-order valence-electron chi connectivity index (χ0n) is 14.9. The van der Waals surface area contributed by atoms with E-state index in [2.05, 4.69) is 15.6 Å².